The highest BCUT2D eigenvalue weighted by Crippen LogP contribution is 2.08. The molecule has 104 valence electrons. The Labute approximate surface area is 112 Å². The molecule has 0 amide bonds. The molecule has 0 aromatic carbocycles. The van der Waals surface area contributed by atoms with E-state index < -0.39 is 0 Å². The average molecular weight is 253 g/mol. The van der Waals surface area contributed by atoms with Crippen LogP contribution in [0.5, 0.6) is 0 Å². The number of halogens is 1. The highest BCUT2D eigenvalue weighted by atomic mass is 19.0. The summed E-state index contributed by atoms with van der Waals surface area (Å²) in [7, 11) is 0. The molecule has 18 heavy (non-hydrogen) atoms. The SMILES string of the molecule is CCCCCCCCCC[n+]1ccccc1C.[F-]. The molecule has 0 saturated heterocycles. The molecule has 1 heterocycles. The van der Waals surface area contributed by atoms with Crippen LogP contribution in [0, 0.1) is 6.92 Å². The summed E-state index contributed by atoms with van der Waals surface area (Å²) in [5.41, 5.74) is 1.37. The van der Waals surface area contributed by atoms with E-state index in [1.54, 1.807) is 0 Å². The number of aryl methyl sites for hydroxylation is 2. The Kier molecular flexibility index (Phi) is 10.6. The molecular weight excluding hydrogens is 225 g/mol. The van der Waals surface area contributed by atoms with Crippen molar-refractivity contribution in [1.29, 1.82) is 0 Å². The van der Waals surface area contributed by atoms with E-state index in [1.165, 1.54) is 63.6 Å². The van der Waals surface area contributed by atoms with Crippen LogP contribution in [0.4, 0.5) is 0 Å². The minimum Gasteiger partial charge on any atom is -1.00 e. The Morgan fingerprint density at radius 1 is 0.889 bits per heavy atom. The maximum absolute atomic E-state index is 2.36. The van der Waals surface area contributed by atoms with E-state index in [4.69, 9.17) is 0 Å². The van der Waals surface area contributed by atoms with Crippen molar-refractivity contribution in [2.75, 3.05) is 0 Å². The van der Waals surface area contributed by atoms with E-state index in [-0.39, 0.29) is 4.70 Å². The number of pyridine rings is 1. The van der Waals surface area contributed by atoms with Gasteiger partial charge >= 0.3 is 0 Å². The van der Waals surface area contributed by atoms with Gasteiger partial charge in [0.2, 0.25) is 0 Å². The molecule has 0 fully saturated rings. The van der Waals surface area contributed by atoms with E-state index in [0.717, 1.165) is 0 Å². The summed E-state index contributed by atoms with van der Waals surface area (Å²) in [6.07, 6.45) is 13.4. The van der Waals surface area contributed by atoms with Gasteiger partial charge in [0.05, 0.1) is 0 Å². The van der Waals surface area contributed by atoms with Crippen molar-refractivity contribution >= 4 is 0 Å². The van der Waals surface area contributed by atoms with Crippen LogP contribution in [-0.4, -0.2) is 0 Å². The highest BCUT2D eigenvalue weighted by Gasteiger charge is 2.02. The maximum atomic E-state index is 2.36. The lowest BCUT2D eigenvalue weighted by Crippen LogP contribution is -3.00. The van der Waals surface area contributed by atoms with E-state index in [9.17, 15) is 0 Å². The second kappa shape index (κ2) is 11.2. The predicted molar refractivity (Wildman–Crippen MR) is 74.0 cm³/mol. The van der Waals surface area contributed by atoms with E-state index >= 15 is 0 Å². The van der Waals surface area contributed by atoms with Gasteiger partial charge in [-0.2, -0.15) is 0 Å². The summed E-state index contributed by atoms with van der Waals surface area (Å²) in [4.78, 5) is 0. The summed E-state index contributed by atoms with van der Waals surface area (Å²) in [5, 5.41) is 0. The molecule has 0 unspecified atom stereocenters. The first-order chi connectivity index (χ1) is 8.34. The van der Waals surface area contributed by atoms with Crippen molar-refractivity contribution in [3.05, 3.63) is 30.1 Å². The van der Waals surface area contributed by atoms with Gasteiger partial charge < -0.3 is 4.70 Å². The maximum Gasteiger partial charge on any atom is 0.178 e. The molecule has 0 N–H and O–H groups in total. The molecule has 0 atom stereocenters. The molecule has 0 radical (unpaired) electrons. The minimum absolute atomic E-state index is 0. The second-order valence-electron chi connectivity index (χ2n) is 5.01. The van der Waals surface area contributed by atoms with Gasteiger partial charge in [-0.15, -0.1) is 0 Å². The van der Waals surface area contributed by atoms with Gasteiger partial charge in [0.25, 0.3) is 0 Å². The zero-order valence-electron chi connectivity index (χ0n) is 12.0. The Hall–Kier alpha value is -0.920. The molecular formula is C16H28FN. The fourth-order valence-electron chi connectivity index (χ4n) is 2.23. The van der Waals surface area contributed by atoms with Gasteiger partial charge in [-0.05, 0) is 6.42 Å². The molecule has 1 aromatic heterocycles. The normalized spacial score (nSPS) is 10.1. The predicted octanol–water partition coefficient (Wildman–Crippen LogP) is 1.43. The van der Waals surface area contributed by atoms with Crippen molar-refractivity contribution in [2.24, 2.45) is 0 Å². The van der Waals surface area contributed by atoms with Crippen LogP contribution < -0.4 is 9.27 Å². The Morgan fingerprint density at radius 2 is 1.50 bits per heavy atom. The Bertz CT molecular complexity index is 299. The van der Waals surface area contributed by atoms with Crippen LogP contribution in [0.2, 0.25) is 0 Å². The molecule has 0 aliphatic rings. The zero-order valence-corrected chi connectivity index (χ0v) is 12.0. The van der Waals surface area contributed by atoms with Crippen molar-refractivity contribution in [1.82, 2.24) is 0 Å². The number of nitrogens with zero attached hydrogens (tertiary/aromatic N) is 1. The van der Waals surface area contributed by atoms with Gasteiger partial charge in [-0.25, -0.2) is 4.57 Å². The lowest BCUT2D eigenvalue weighted by atomic mass is 10.1. The fraction of sp³-hybridized carbons (Fsp3) is 0.688. The van der Waals surface area contributed by atoms with Crippen LogP contribution in [0.25, 0.3) is 0 Å². The quantitative estimate of drug-likeness (QED) is 0.463. The summed E-state index contributed by atoms with van der Waals surface area (Å²) < 4.78 is 2.36. The van der Waals surface area contributed by atoms with E-state index in [0.29, 0.717) is 0 Å². The van der Waals surface area contributed by atoms with Crippen LogP contribution in [0.3, 0.4) is 0 Å². The van der Waals surface area contributed by atoms with Crippen LogP contribution >= 0.6 is 0 Å². The second-order valence-corrected chi connectivity index (χ2v) is 5.01. The number of hydrogen-bond acceptors (Lipinski definition) is 0. The monoisotopic (exact) mass is 253 g/mol. The molecule has 2 heteroatoms. The van der Waals surface area contributed by atoms with Crippen LogP contribution in [0.1, 0.15) is 64.0 Å². The van der Waals surface area contributed by atoms with Gasteiger partial charge in [0, 0.05) is 25.5 Å². The third kappa shape index (κ3) is 7.41. The standard InChI is InChI=1S/C16H28N.FH/c1-3-4-5-6-7-8-9-11-14-17-15-12-10-13-16(17)2;/h10,12-13,15H,3-9,11,14H2,1-2H3;1H/q+1;/p-1. The van der Waals surface area contributed by atoms with Crippen LogP contribution in [0.15, 0.2) is 24.4 Å². The summed E-state index contributed by atoms with van der Waals surface area (Å²) in [5.74, 6) is 0. The summed E-state index contributed by atoms with van der Waals surface area (Å²) in [6, 6.07) is 6.42. The summed E-state index contributed by atoms with van der Waals surface area (Å²) >= 11 is 0. The number of rotatable bonds is 9. The molecule has 0 aliphatic heterocycles. The first-order valence-electron chi connectivity index (χ1n) is 7.29. The van der Waals surface area contributed by atoms with Crippen molar-refractivity contribution in [3.8, 4) is 0 Å². The number of hydrogen-bond donors (Lipinski definition) is 0. The van der Waals surface area contributed by atoms with E-state index in [1.807, 2.05) is 0 Å². The molecule has 1 aromatic rings. The highest BCUT2D eigenvalue weighted by molar-refractivity contribution is 4.93. The lowest BCUT2D eigenvalue weighted by Gasteiger charge is -2.01. The van der Waals surface area contributed by atoms with Gasteiger partial charge in [0.15, 0.2) is 11.9 Å². The van der Waals surface area contributed by atoms with Crippen molar-refractivity contribution in [3.63, 3.8) is 0 Å². The zero-order chi connectivity index (χ0) is 12.3. The average Bonchev–Trinajstić information content (AvgIpc) is 2.35. The van der Waals surface area contributed by atoms with E-state index in [2.05, 4.69) is 42.8 Å². The topological polar surface area (TPSA) is 3.88 Å². The van der Waals surface area contributed by atoms with Gasteiger partial charge in [-0.1, -0.05) is 51.5 Å². The molecule has 0 aliphatic carbocycles. The third-order valence-corrected chi connectivity index (χ3v) is 3.42. The van der Waals surface area contributed by atoms with Gasteiger partial charge in [-0.3, -0.25) is 0 Å². The first kappa shape index (κ1) is 17.1. The molecule has 1 rings (SSSR count). The number of unbranched alkanes of at least 4 members (excludes halogenated alkanes) is 7. The molecule has 0 spiro atoms. The van der Waals surface area contributed by atoms with Crippen molar-refractivity contribution in [2.45, 2.75) is 71.8 Å². The smallest absolute Gasteiger partial charge is 0.178 e. The summed E-state index contributed by atoms with van der Waals surface area (Å²) in [6.45, 7) is 5.64. The molecule has 0 bridgehead atoms. The largest absolute Gasteiger partial charge is 1.00 e. The molecule has 0 saturated carbocycles. The minimum atomic E-state index is 0. The Balaban J connectivity index is 0.00000289. The van der Waals surface area contributed by atoms with Crippen LogP contribution in [-0.2, 0) is 6.54 Å². The first-order valence-corrected chi connectivity index (χ1v) is 7.29. The third-order valence-electron chi connectivity index (χ3n) is 3.42. The Morgan fingerprint density at radius 3 is 2.11 bits per heavy atom. The van der Waals surface area contributed by atoms with Crippen molar-refractivity contribution < 1.29 is 9.27 Å². The lowest BCUT2D eigenvalue weighted by molar-refractivity contribution is -0.703. The fourth-order valence-corrected chi connectivity index (χ4v) is 2.23. The molecule has 1 nitrogen and oxygen atoms in total. The number of aromatic nitrogens is 1. The van der Waals surface area contributed by atoms with Gasteiger partial charge in [0.1, 0.15) is 6.54 Å².